The van der Waals surface area contributed by atoms with Gasteiger partial charge in [-0.1, -0.05) is 95.9 Å². The van der Waals surface area contributed by atoms with Crippen LogP contribution in [-0.4, -0.2) is 28.6 Å². The molecule has 0 aromatic rings. The summed E-state index contributed by atoms with van der Waals surface area (Å²) in [5, 5.41) is -0.241. The molecule has 6 heteroatoms. The molecule has 30 heavy (non-hydrogen) atoms. The van der Waals surface area contributed by atoms with Crippen LogP contribution < -0.4 is 0 Å². The van der Waals surface area contributed by atoms with Gasteiger partial charge in [-0.3, -0.25) is 9.59 Å². The van der Waals surface area contributed by atoms with Gasteiger partial charge in [0.15, 0.2) is 0 Å². The summed E-state index contributed by atoms with van der Waals surface area (Å²) in [6.45, 7) is 29.7. The van der Waals surface area contributed by atoms with Crippen molar-refractivity contribution >= 4 is 28.6 Å². The molecule has 0 unspecified atom stereocenters. The molecular formula is C24H50O4Si2. The van der Waals surface area contributed by atoms with Gasteiger partial charge in [-0.15, -0.1) is 0 Å². The summed E-state index contributed by atoms with van der Waals surface area (Å²) in [6, 6.07) is 1.86. The van der Waals surface area contributed by atoms with Crippen LogP contribution in [0, 0.1) is 0 Å². The molecule has 0 aliphatic carbocycles. The Bertz CT molecular complexity index is 517. The number of carbonyl (C=O) groups is 2. The van der Waals surface area contributed by atoms with E-state index in [1.165, 1.54) is 13.8 Å². The molecule has 0 heterocycles. The lowest BCUT2D eigenvalue weighted by molar-refractivity contribution is -0.134. The van der Waals surface area contributed by atoms with Gasteiger partial charge in [-0.25, -0.2) is 0 Å². The van der Waals surface area contributed by atoms with E-state index in [1.54, 1.807) is 0 Å². The number of carbonyl (C=O) groups excluding carboxylic acids is 2. The van der Waals surface area contributed by atoms with Crippen LogP contribution in [0.4, 0.5) is 0 Å². The highest BCUT2D eigenvalue weighted by molar-refractivity contribution is 6.81. The summed E-state index contributed by atoms with van der Waals surface area (Å²) < 4.78 is 12.4. The fraction of sp³-hybridized carbons (Fsp3) is 0.917. The quantitative estimate of drug-likeness (QED) is 0.286. The second-order valence-electron chi connectivity index (χ2n) is 13.0. The first kappa shape index (κ1) is 29.4. The van der Waals surface area contributed by atoms with Crippen molar-refractivity contribution in [2.24, 2.45) is 0 Å². The second-order valence-corrected chi connectivity index (χ2v) is 23.8. The SMILES string of the molecule is CC(=O)O[Si](CCCC[Si](OC(C)=O)(C(C)(C)C)C(C)(C)C)(C(C)(C)C)C(C)(C)C. The highest BCUT2D eigenvalue weighted by Crippen LogP contribution is 2.57. The van der Waals surface area contributed by atoms with Crippen LogP contribution in [0.15, 0.2) is 0 Å². The van der Waals surface area contributed by atoms with Crippen molar-refractivity contribution in [1.82, 2.24) is 0 Å². The normalized spacial score (nSPS) is 14.5. The van der Waals surface area contributed by atoms with E-state index >= 15 is 0 Å². The molecule has 0 aromatic heterocycles. The Labute approximate surface area is 189 Å². The molecule has 0 saturated carbocycles. The lowest BCUT2D eigenvalue weighted by atomic mass is 10.2. The maximum absolute atomic E-state index is 12.1. The Morgan fingerprint density at radius 2 is 0.733 bits per heavy atom. The lowest BCUT2D eigenvalue weighted by Gasteiger charge is -2.51. The Morgan fingerprint density at radius 1 is 0.533 bits per heavy atom. The van der Waals surface area contributed by atoms with E-state index in [1.807, 2.05) is 0 Å². The van der Waals surface area contributed by atoms with Crippen LogP contribution in [0.2, 0.25) is 32.2 Å². The molecule has 0 saturated heterocycles. The number of hydrogen-bond acceptors (Lipinski definition) is 4. The number of rotatable bonds is 7. The molecule has 0 aromatic carbocycles. The molecule has 0 bridgehead atoms. The first-order valence-corrected chi connectivity index (χ1v) is 15.7. The average molecular weight is 459 g/mol. The fourth-order valence-electron chi connectivity index (χ4n) is 5.70. The Kier molecular flexibility index (Phi) is 9.28. The molecule has 0 aliphatic heterocycles. The summed E-state index contributed by atoms with van der Waals surface area (Å²) in [5.41, 5.74) is 0. The van der Waals surface area contributed by atoms with Gasteiger partial charge in [0.1, 0.15) is 0 Å². The molecule has 0 atom stereocenters. The van der Waals surface area contributed by atoms with Crippen molar-refractivity contribution < 1.29 is 18.4 Å². The maximum atomic E-state index is 12.1. The summed E-state index contributed by atoms with van der Waals surface area (Å²) in [7, 11) is -4.85. The minimum atomic E-state index is -2.42. The van der Waals surface area contributed by atoms with E-state index < -0.39 is 16.6 Å². The molecule has 178 valence electrons. The van der Waals surface area contributed by atoms with E-state index in [0.717, 1.165) is 24.9 Å². The highest BCUT2D eigenvalue weighted by Gasteiger charge is 2.59. The minimum Gasteiger partial charge on any atom is -0.518 e. The monoisotopic (exact) mass is 458 g/mol. The fourth-order valence-corrected chi connectivity index (χ4v) is 17.1. The third-order valence-electron chi connectivity index (χ3n) is 6.79. The zero-order chi connectivity index (χ0) is 24.4. The Morgan fingerprint density at radius 3 is 0.867 bits per heavy atom. The van der Waals surface area contributed by atoms with Crippen LogP contribution in [-0.2, 0) is 18.4 Å². The molecule has 0 amide bonds. The smallest absolute Gasteiger partial charge is 0.289 e. The number of hydrogen-bond donors (Lipinski definition) is 0. The molecule has 0 radical (unpaired) electrons. The minimum absolute atomic E-state index is 0.0601. The molecule has 0 aliphatic rings. The van der Waals surface area contributed by atoms with E-state index in [-0.39, 0.29) is 32.1 Å². The van der Waals surface area contributed by atoms with E-state index in [9.17, 15) is 9.59 Å². The Balaban J connectivity index is 5.86. The Hall–Kier alpha value is -0.626. The van der Waals surface area contributed by atoms with Crippen molar-refractivity contribution in [3.63, 3.8) is 0 Å². The summed E-state index contributed by atoms with van der Waals surface area (Å²) in [4.78, 5) is 24.2. The second kappa shape index (κ2) is 9.47. The third-order valence-corrected chi connectivity index (χ3v) is 19.9. The topological polar surface area (TPSA) is 52.6 Å². The van der Waals surface area contributed by atoms with Crippen molar-refractivity contribution in [3.05, 3.63) is 0 Å². The highest BCUT2D eigenvalue weighted by atomic mass is 28.4. The summed E-state index contributed by atoms with van der Waals surface area (Å²) >= 11 is 0. The maximum Gasteiger partial charge on any atom is 0.289 e. The first-order valence-electron chi connectivity index (χ1n) is 11.4. The van der Waals surface area contributed by atoms with Gasteiger partial charge >= 0.3 is 0 Å². The predicted octanol–water partition coefficient (Wildman–Crippen LogP) is 7.98. The molecule has 0 spiro atoms. The first-order chi connectivity index (χ1) is 13.0. The van der Waals surface area contributed by atoms with Gasteiger partial charge in [0.25, 0.3) is 28.6 Å². The van der Waals surface area contributed by atoms with Gasteiger partial charge < -0.3 is 8.85 Å². The van der Waals surface area contributed by atoms with E-state index in [4.69, 9.17) is 8.85 Å². The molecule has 0 fully saturated rings. The van der Waals surface area contributed by atoms with E-state index in [2.05, 4.69) is 83.1 Å². The largest absolute Gasteiger partial charge is 0.518 e. The standard InChI is InChI=1S/C24H50O4Si2/c1-19(25)27-29(21(3,4)5,22(6,7)8)17-15-16-18-30(23(9,10)11,24(12,13)14)28-20(2)26/h15-18H2,1-14H3. The zero-order valence-corrected chi connectivity index (χ0v) is 24.5. The van der Waals surface area contributed by atoms with Gasteiger partial charge in [0.2, 0.25) is 0 Å². The zero-order valence-electron chi connectivity index (χ0n) is 22.5. The van der Waals surface area contributed by atoms with Gasteiger partial charge in [0, 0.05) is 13.8 Å². The molecule has 0 rings (SSSR count). The van der Waals surface area contributed by atoms with Crippen molar-refractivity contribution in [2.45, 2.75) is 142 Å². The van der Waals surface area contributed by atoms with E-state index in [0.29, 0.717) is 0 Å². The predicted molar refractivity (Wildman–Crippen MR) is 133 cm³/mol. The van der Waals surface area contributed by atoms with Crippen LogP contribution in [0.1, 0.15) is 110 Å². The molecular weight excluding hydrogens is 408 g/mol. The van der Waals surface area contributed by atoms with Crippen molar-refractivity contribution in [1.29, 1.82) is 0 Å². The van der Waals surface area contributed by atoms with Crippen LogP contribution in [0.3, 0.4) is 0 Å². The molecule has 4 nitrogen and oxygen atoms in total. The molecule has 0 N–H and O–H groups in total. The van der Waals surface area contributed by atoms with Crippen LogP contribution in [0.25, 0.3) is 0 Å². The number of unbranched alkanes of at least 4 members (excludes halogenated alkanes) is 1. The summed E-state index contributed by atoms with van der Waals surface area (Å²) in [5.74, 6) is -0.334. The van der Waals surface area contributed by atoms with Crippen LogP contribution >= 0.6 is 0 Å². The third kappa shape index (κ3) is 6.44. The average Bonchev–Trinajstić information content (AvgIpc) is 2.43. The lowest BCUT2D eigenvalue weighted by Crippen LogP contribution is -2.56. The van der Waals surface area contributed by atoms with Gasteiger partial charge in [-0.2, -0.15) is 0 Å². The van der Waals surface area contributed by atoms with Crippen molar-refractivity contribution in [3.8, 4) is 0 Å². The van der Waals surface area contributed by atoms with Gasteiger partial charge in [0.05, 0.1) is 0 Å². The summed E-state index contributed by atoms with van der Waals surface area (Å²) in [6.07, 6.45) is 1.96. The van der Waals surface area contributed by atoms with Crippen LogP contribution in [0.5, 0.6) is 0 Å². The van der Waals surface area contributed by atoms with Gasteiger partial charge in [-0.05, 0) is 32.2 Å². The van der Waals surface area contributed by atoms with Crippen molar-refractivity contribution in [2.75, 3.05) is 0 Å².